The van der Waals surface area contributed by atoms with Gasteiger partial charge >= 0.3 is 0 Å². The van der Waals surface area contributed by atoms with Crippen molar-refractivity contribution in [3.63, 3.8) is 0 Å². The number of benzene rings is 1. The summed E-state index contributed by atoms with van der Waals surface area (Å²) < 4.78 is 5.80. The van der Waals surface area contributed by atoms with E-state index in [4.69, 9.17) is 4.74 Å². The largest absolute Gasteiger partial charge is 0.504 e. The van der Waals surface area contributed by atoms with Gasteiger partial charge in [0.1, 0.15) is 0 Å². The predicted octanol–water partition coefficient (Wildman–Crippen LogP) is 3.49. The minimum atomic E-state index is 0.144. The van der Waals surface area contributed by atoms with Crippen molar-refractivity contribution < 1.29 is 9.84 Å². The highest BCUT2D eigenvalue weighted by Crippen LogP contribution is 2.28. The molecule has 0 aliphatic carbocycles. The van der Waals surface area contributed by atoms with Crippen LogP contribution in [0.2, 0.25) is 0 Å². The van der Waals surface area contributed by atoms with Crippen molar-refractivity contribution in [2.24, 2.45) is 0 Å². The summed E-state index contributed by atoms with van der Waals surface area (Å²) in [7, 11) is 1.52. The van der Waals surface area contributed by atoms with Gasteiger partial charge in [-0.05, 0) is 55.6 Å². The van der Waals surface area contributed by atoms with Crippen molar-refractivity contribution in [2.75, 3.05) is 7.11 Å². The molecule has 2 nitrogen and oxygen atoms in total. The minimum Gasteiger partial charge on any atom is -0.504 e. The van der Waals surface area contributed by atoms with Gasteiger partial charge in [-0.25, -0.2) is 0 Å². The average Bonchev–Trinajstić information content (AvgIpc) is 2.07. The highest BCUT2D eigenvalue weighted by Gasteiger charge is 2.00. The number of hydrogen-bond donors (Lipinski definition) is 1. The number of rotatable bonds is 2. The number of hydrogen-bond acceptors (Lipinski definition) is 2. The third-order valence-corrected chi connectivity index (χ3v) is 1.94. The molecule has 1 aromatic rings. The molecule has 0 aliphatic rings. The molecule has 0 aliphatic heterocycles. The molecule has 0 atom stereocenters. The first-order valence-corrected chi connectivity index (χ1v) is 5.12. The summed E-state index contributed by atoms with van der Waals surface area (Å²) in [4.78, 5) is 0. The summed E-state index contributed by atoms with van der Waals surface area (Å²) in [6.07, 6.45) is 1.86. The van der Waals surface area contributed by atoms with Crippen molar-refractivity contribution >= 4 is 37.9 Å². The van der Waals surface area contributed by atoms with Gasteiger partial charge in [0, 0.05) is 0 Å². The van der Waals surface area contributed by atoms with Crippen LogP contribution in [0, 0.1) is 0 Å². The summed E-state index contributed by atoms with van der Waals surface area (Å²) >= 11 is 6.50. The lowest BCUT2D eigenvalue weighted by molar-refractivity contribution is 0.373. The highest BCUT2D eigenvalue weighted by atomic mass is 79.9. The maximum Gasteiger partial charge on any atom is 0.161 e. The maximum absolute atomic E-state index is 9.30. The number of aromatic hydroxyl groups is 1. The number of ether oxygens (including phenoxy) is 1. The van der Waals surface area contributed by atoms with E-state index in [2.05, 4.69) is 31.9 Å². The van der Waals surface area contributed by atoms with Crippen LogP contribution in [0.1, 0.15) is 5.56 Å². The van der Waals surface area contributed by atoms with E-state index in [1.807, 2.05) is 6.08 Å². The smallest absolute Gasteiger partial charge is 0.161 e. The van der Waals surface area contributed by atoms with E-state index in [9.17, 15) is 5.11 Å². The van der Waals surface area contributed by atoms with E-state index in [-0.39, 0.29) is 5.75 Å². The molecule has 0 fully saturated rings. The Labute approximate surface area is 93.5 Å². The molecule has 0 bridgehead atoms. The number of phenols is 1. The molecule has 0 heterocycles. The van der Waals surface area contributed by atoms with Crippen LogP contribution in [0.5, 0.6) is 11.5 Å². The first-order valence-electron chi connectivity index (χ1n) is 3.53. The van der Waals surface area contributed by atoms with Gasteiger partial charge in [-0.3, -0.25) is 0 Å². The van der Waals surface area contributed by atoms with E-state index < -0.39 is 0 Å². The first kappa shape index (κ1) is 10.6. The Kier molecular flexibility index (Phi) is 3.81. The van der Waals surface area contributed by atoms with Crippen molar-refractivity contribution in [1.29, 1.82) is 0 Å². The second-order valence-electron chi connectivity index (χ2n) is 2.37. The Hall–Kier alpha value is -0.480. The fraction of sp³-hybridized carbons (Fsp3) is 0.111. The third-order valence-electron chi connectivity index (χ3n) is 1.48. The average molecular weight is 308 g/mol. The summed E-state index contributed by atoms with van der Waals surface area (Å²) in [6, 6.07) is 5.13. The zero-order chi connectivity index (χ0) is 9.84. The summed E-state index contributed by atoms with van der Waals surface area (Å²) in [5.41, 5.74) is 0.943. The molecule has 1 N–H and O–H groups in total. The lowest BCUT2D eigenvalue weighted by Gasteiger charge is -2.03. The van der Waals surface area contributed by atoms with Gasteiger partial charge in [-0.1, -0.05) is 6.07 Å². The zero-order valence-corrected chi connectivity index (χ0v) is 10.1. The molecule has 13 heavy (non-hydrogen) atoms. The van der Waals surface area contributed by atoms with E-state index in [0.717, 1.165) is 8.96 Å². The highest BCUT2D eigenvalue weighted by molar-refractivity contribution is 9.28. The Balaban J connectivity index is 3.06. The van der Waals surface area contributed by atoms with Crippen molar-refractivity contribution in [3.05, 3.63) is 27.2 Å². The molecule has 0 saturated heterocycles. The molecule has 0 saturated carbocycles. The predicted molar refractivity (Wildman–Crippen MR) is 60.5 cm³/mol. The van der Waals surface area contributed by atoms with Crippen LogP contribution in [0.3, 0.4) is 0 Å². The second-order valence-corrected chi connectivity index (χ2v) is 5.14. The van der Waals surface area contributed by atoms with Gasteiger partial charge in [0.2, 0.25) is 0 Å². The fourth-order valence-electron chi connectivity index (χ4n) is 0.910. The molecule has 1 aromatic carbocycles. The molecule has 0 aromatic heterocycles. The molecule has 0 unspecified atom stereocenters. The van der Waals surface area contributed by atoms with Gasteiger partial charge in [0.15, 0.2) is 11.5 Å². The van der Waals surface area contributed by atoms with Gasteiger partial charge < -0.3 is 9.84 Å². The van der Waals surface area contributed by atoms with Gasteiger partial charge in [-0.15, -0.1) is 0 Å². The first-order chi connectivity index (χ1) is 6.13. The lowest BCUT2D eigenvalue weighted by atomic mass is 10.2. The topological polar surface area (TPSA) is 29.5 Å². The van der Waals surface area contributed by atoms with Crippen LogP contribution in [0.25, 0.3) is 6.08 Å². The lowest BCUT2D eigenvalue weighted by Crippen LogP contribution is -1.84. The third kappa shape index (κ3) is 3.04. The summed E-state index contributed by atoms with van der Waals surface area (Å²) in [5.74, 6) is 0.611. The Morgan fingerprint density at radius 2 is 2.15 bits per heavy atom. The molecule has 0 spiro atoms. The van der Waals surface area contributed by atoms with E-state index in [0.29, 0.717) is 5.75 Å². The maximum atomic E-state index is 9.30. The van der Waals surface area contributed by atoms with Crippen LogP contribution in [-0.4, -0.2) is 12.2 Å². The summed E-state index contributed by atoms with van der Waals surface area (Å²) in [5, 5.41) is 9.30. The molecule has 70 valence electrons. The molecule has 0 amide bonds. The van der Waals surface area contributed by atoms with Gasteiger partial charge in [0.25, 0.3) is 0 Å². The van der Waals surface area contributed by atoms with E-state index in [1.54, 1.807) is 18.2 Å². The molecule has 0 radical (unpaired) electrons. The van der Waals surface area contributed by atoms with Crippen molar-refractivity contribution in [3.8, 4) is 11.5 Å². The van der Waals surface area contributed by atoms with Crippen LogP contribution in [0.15, 0.2) is 21.6 Å². The van der Waals surface area contributed by atoms with Crippen molar-refractivity contribution in [2.45, 2.75) is 0 Å². The van der Waals surface area contributed by atoms with E-state index in [1.165, 1.54) is 7.11 Å². The monoisotopic (exact) mass is 306 g/mol. The van der Waals surface area contributed by atoms with Gasteiger partial charge in [-0.2, -0.15) is 0 Å². The second kappa shape index (κ2) is 4.67. The van der Waals surface area contributed by atoms with Crippen LogP contribution < -0.4 is 4.74 Å². The van der Waals surface area contributed by atoms with Crippen LogP contribution in [-0.2, 0) is 0 Å². The van der Waals surface area contributed by atoms with Crippen LogP contribution >= 0.6 is 31.9 Å². The quantitative estimate of drug-likeness (QED) is 0.906. The van der Waals surface area contributed by atoms with E-state index >= 15 is 0 Å². The van der Waals surface area contributed by atoms with Crippen molar-refractivity contribution in [1.82, 2.24) is 0 Å². The summed E-state index contributed by atoms with van der Waals surface area (Å²) in [6.45, 7) is 0. The number of methoxy groups -OCH3 is 1. The fourth-order valence-corrected chi connectivity index (χ4v) is 1.44. The molecular weight excluding hydrogens is 300 g/mol. The SMILES string of the molecule is COc1cc(C=C(Br)Br)ccc1O. The Morgan fingerprint density at radius 1 is 1.46 bits per heavy atom. The zero-order valence-electron chi connectivity index (χ0n) is 6.92. The number of phenolic OH excluding ortho intramolecular Hbond substituents is 1. The normalized spacial score (nSPS) is 9.46. The van der Waals surface area contributed by atoms with Crippen LogP contribution in [0.4, 0.5) is 0 Å². The van der Waals surface area contributed by atoms with Gasteiger partial charge in [0.05, 0.1) is 10.5 Å². The standard InChI is InChI=1S/C9H8Br2O2/c1-13-8-4-6(5-9(10)11)2-3-7(8)12/h2-5,12H,1H3. The molecule has 4 heteroatoms. The minimum absolute atomic E-state index is 0.144. The Morgan fingerprint density at radius 3 is 2.69 bits per heavy atom. The molecule has 1 rings (SSSR count). The molecular formula is C9H8Br2O2. The Bertz CT molecular complexity index is 330. The number of halogens is 2.